The van der Waals surface area contributed by atoms with Gasteiger partial charge in [-0.25, -0.2) is 10.2 Å². The third kappa shape index (κ3) is 6.25. The largest absolute Gasteiger partial charge is 0.489 e. The van der Waals surface area contributed by atoms with Crippen LogP contribution in [0.2, 0.25) is 5.02 Å². The molecular weight excluding hydrogens is 426 g/mol. The van der Waals surface area contributed by atoms with Crippen LogP contribution in [-0.4, -0.2) is 30.0 Å². The summed E-state index contributed by atoms with van der Waals surface area (Å²) in [5.41, 5.74) is 8.35. The van der Waals surface area contributed by atoms with E-state index in [1.807, 2.05) is 56.3 Å². The smallest absolute Gasteiger partial charge is 0.336 e. The maximum absolute atomic E-state index is 12.4. The second-order valence-electron chi connectivity index (χ2n) is 7.62. The molecule has 0 fully saturated rings. The number of halogens is 1. The minimum atomic E-state index is -0.475. The highest BCUT2D eigenvalue weighted by atomic mass is 35.5. The molecule has 0 unspecified atom stereocenters. The Bertz CT molecular complexity index is 1070. The van der Waals surface area contributed by atoms with Crippen LogP contribution in [0.15, 0.2) is 72.8 Å². The van der Waals surface area contributed by atoms with E-state index in [1.54, 1.807) is 19.2 Å². The predicted octanol–water partition coefficient (Wildman–Crippen LogP) is 5.28. The normalized spacial score (nSPS) is 10.5. The van der Waals surface area contributed by atoms with Crippen LogP contribution < -0.4 is 15.6 Å². The highest BCUT2D eigenvalue weighted by molar-refractivity contribution is 6.32. The number of benzene rings is 3. The first kappa shape index (κ1) is 23.2. The zero-order chi connectivity index (χ0) is 23.1. The molecule has 0 aliphatic rings. The lowest BCUT2D eigenvalue weighted by molar-refractivity contribution is 0.0931. The zero-order valence-corrected chi connectivity index (χ0v) is 19.0. The van der Waals surface area contributed by atoms with Crippen LogP contribution in [0.4, 0.5) is 4.79 Å². The standard InChI is InChI=1S/C25H26ClN3O3/c1-17(2)32-23-14-13-21(15-22(23)26)24(30)27-28-25(31)29(3)16-18-9-11-20(12-10-18)19-7-5-4-6-8-19/h4-15,17H,16H2,1-3H3,(H,27,30)(H,28,31). The molecule has 0 bridgehead atoms. The quantitative estimate of drug-likeness (QED) is 0.501. The lowest BCUT2D eigenvalue weighted by atomic mass is 10.0. The molecule has 0 spiro atoms. The summed E-state index contributed by atoms with van der Waals surface area (Å²) in [6, 6.07) is 22.4. The summed E-state index contributed by atoms with van der Waals surface area (Å²) >= 11 is 6.17. The van der Waals surface area contributed by atoms with Gasteiger partial charge in [0.25, 0.3) is 5.91 Å². The van der Waals surface area contributed by atoms with Gasteiger partial charge in [0.1, 0.15) is 5.75 Å². The summed E-state index contributed by atoms with van der Waals surface area (Å²) in [5, 5.41) is 0.328. The van der Waals surface area contributed by atoms with Crippen LogP contribution in [-0.2, 0) is 6.54 Å². The number of carbonyl (C=O) groups excluding carboxylic acids is 2. The SMILES string of the molecule is CC(C)Oc1ccc(C(=O)NNC(=O)N(C)Cc2ccc(-c3ccccc3)cc2)cc1Cl. The molecule has 3 rings (SSSR count). The van der Waals surface area contributed by atoms with E-state index in [0.29, 0.717) is 22.9 Å². The van der Waals surface area contributed by atoms with Gasteiger partial charge >= 0.3 is 6.03 Å². The van der Waals surface area contributed by atoms with E-state index < -0.39 is 11.9 Å². The zero-order valence-electron chi connectivity index (χ0n) is 18.3. The van der Waals surface area contributed by atoms with Crippen LogP contribution in [0.5, 0.6) is 5.75 Å². The molecule has 7 heteroatoms. The number of ether oxygens (including phenoxy) is 1. The molecule has 166 valence electrons. The predicted molar refractivity (Wildman–Crippen MR) is 127 cm³/mol. The topological polar surface area (TPSA) is 70.7 Å². The molecule has 0 aromatic heterocycles. The number of hydrazine groups is 1. The van der Waals surface area contributed by atoms with Gasteiger partial charge in [0.2, 0.25) is 0 Å². The number of hydrogen-bond donors (Lipinski definition) is 2. The van der Waals surface area contributed by atoms with E-state index in [-0.39, 0.29) is 6.10 Å². The van der Waals surface area contributed by atoms with Crippen molar-refractivity contribution >= 4 is 23.5 Å². The van der Waals surface area contributed by atoms with Crippen LogP contribution in [0.3, 0.4) is 0 Å². The van der Waals surface area contributed by atoms with E-state index in [1.165, 1.54) is 11.0 Å². The van der Waals surface area contributed by atoms with Gasteiger partial charge in [-0.1, -0.05) is 66.2 Å². The van der Waals surface area contributed by atoms with Crippen molar-refractivity contribution in [3.8, 4) is 16.9 Å². The van der Waals surface area contributed by atoms with E-state index in [2.05, 4.69) is 23.0 Å². The van der Waals surface area contributed by atoms with E-state index >= 15 is 0 Å². The lowest BCUT2D eigenvalue weighted by Gasteiger charge is -2.19. The average molecular weight is 452 g/mol. The molecule has 3 amide bonds. The van der Waals surface area contributed by atoms with Gasteiger partial charge < -0.3 is 9.64 Å². The van der Waals surface area contributed by atoms with Crippen molar-refractivity contribution in [3.63, 3.8) is 0 Å². The maximum atomic E-state index is 12.4. The minimum absolute atomic E-state index is 0.0310. The van der Waals surface area contributed by atoms with Gasteiger partial charge in [0.05, 0.1) is 11.1 Å². The van der Waals surface area contributed by atoms with Gasteiger partial charge in [0.15, 0.2) is 0 Å². The first-order chi connectivity index (χ1) is 15.3. The van der Waals surface area contributed by atoms with E-state index in [9.17, 15) is 9.59 Å². The lowest BCUT2D eigenvalue weighted by Crippen LogP contribution is -2.47. The number of rotatable bonds is 6. The summed E-state index contributed by atoms with van der Waals surface area (Å²) in [7, 11) is 1.65. The van der Waals surface area contributed by atoms with Crippen molar-refractivity contribution in [2.24, 2.45) is 0 Å². The molecule has 0 heterocycles. The number of amides is 3. The third-order valence-electron chi connectivity index (χ3n) is 4.67. The fourth-order valence-corrected chi connectivity index (χ4v) is 3.27. The van der Waals surface area contributed by atoms with E-state index in [0.717, 1.165) is 16.7 Å². The number of carbonyl (C=O) groups is 2. The van der Waals surface area contributed by atoms with Gasteiger partial charge in [0, 0.05) is 19.2 Å². The molecule has 3 aromatic carbocycles. The second kappa shape index (κ2) is 10.7. The first-order valence-electron chi connectivity index (χ1n) is 10.3. The van der Waals surface area contributed by atoms with Gasteiger partial charge in [-0.05, 0) is 48.7 Å². The molecule has 0 atom stereocenters. The number of hydrogen-bond acceptors (Lipinski definition) is 3. The van der Waals surface area contributed by atoms with Crippen LogP contribution >= 0.6 is 11.6 Å². The first-order valence-corrected chi connectivity index (χ1v) is 10.6. The fourth-order valence-electron chi connectivity index (χ4n) is 3.05. The van der Waals surface area contributed by atoms with Crippen molar-refractivity contribution in [3.05, 3.63) is 88.9 Å². The summed E-state index contributed by atoms with van der Waals surface area (Å²) in [6.07, 6.45) is -0.0310. The van der Waals surface area contributed by atoms with Crippen molar-refractivity contribution in [2.45, 2.75) is 26.5 Å². The molecule has 6 nitrogen and oxygen atoms in total. The second-order valence-corrected chi connectivity index (χ2v) is 8.02. The summed E-state index contributed by atoms with van der Waals surface area (Å²) in [5.74, 6) is 0.0252. The number of nitrogens with one attached hydrogen (secondary N) is 2. The Labute approximate surface area is 193 Å². The Balaban J connectivity index is 1.52. The fraction of sp³-hybridized carbons (Fsp3) is 0.200. The van der Waals surface area contributed by atoms with Gasteiger partial charge in [-0.15, -0.1) is 0 Å². The number of urea groups is 1. The Morgan fingerprint density at radius 1 is 0.938 bits per heavy atom. The Hall–Kier alpha value is -3.51. The van der Waals surface area contributed by atoms with Gasteiger partial charge in [-0.3, -0.25) is 10.2 Å². The molecule has 0 aliphatic carbocycles. The highest BCUT2D eigenvalue weighted by Gasteiger charge is 2.13. The highest BCUT2D eigenvalue weighted by Crippen LogP contribution is 2.26. The Kier molecular flexibility index (Phi) is 7.73. The van der Waals surface area contributed by atoms with E-state index in [4.69, 9.17) is 16.3 Å². The van der Waals surface area contributed by atoms with Crippen molar-refractivity contribution < 1.29 is 14.3 Å². The molecule has 0 saturated heterocycles. The van der Waals surface area contributed by atoms with Crippen molar-refractivity contribution in [1.29, 1.82) is 0 Å². The summed E-state index contributed by atoms with van der Waals surface area (Å²) < 4.78 is 5.56. The van der Waals surface area contributed by atoms with Gasteiger partial charge in [-0.2, -0.15) is 0 Å². The molecule has 0 aliphatic heterocycles. The summed E-state index contributed by atoms with van der Waals surface area (Å²) in [6.45, 7) is 4.17. The Morgan fingerprint density at radius 3 is 2.22 bits per heavy atom. The molecule has 32 heavy (non-hydrogen) atoms. The monoisotopic (exact) mass is 451 g/mol. The molecule has 0 radical (unpaired) electrons. The molecular formula is C25H26ClN3O3. The average Bonchev–Trinajstić information content (AvgIpc) is 2.79. The molecule has 0 saturated carbocycles. The van der Waals surface area contributed by atoms with Crippen molar-refractivity contribution in [1.82, 2.24) is 15.8 Å². The van der Waals surface area contributed by atoms with Crippen molar-refractivity contribution in [2.75, 3.05) is 7.05 Å². The van der Waals surface area contributed by atoms with Crippen LogP contribution in [0.1, 0.15) is 29.8 Å². The molecule has 3 aromatic rings. The minimum Gasteiger partial charge on any atom is -0.489 e. The molecule has 2 N–H and O–H groups in total. The maximum Gasteiger partial charge on any atom is 0.336 e. The third-order valence-corrected chi connectivity index (χ3v) is 4.96. The number of nitrogens with zero attached hydrogens (tertiary/aromatic N) is 1. The van der Waals surface area contributed by atoms with Crippen LogP contribution in [0, 0.1) is 0 Å². The summed E-state index contributed by atoms with van der Waals surface area (Å²) in [4.78, 5) is 26.2. The Morgan fingerprint density at radius 2 is 1.59 bits per heavy atom. The van der Waals surface area contributed by atoms with Crippen LogP contribution in [0.25, 0.3) is 11.1 Å².